The Morgan fingerprint density at radius 2 is 2.30 bits per heavy atom. The van der Waals surface area contributed by atoms with Crippen molar-refractivity contribution in [2.24, 2.45) is 5.73 Å². The molecule has 1 fully saturated rings. The lowest BCUT2D eigenvalue weighted by molar-refractivity contribution is -0.136. The number of amides is 1. The zero-order chi connectivity index (χ0) is 13.9. The Kier molecular flexibility index (Phi) is 4.38. The van der Waals surface area contributed by atoms with E-state index < -0.39 is 0 Å². The van der Waals surface area contributed by atoms with Crippen LogP contribution in [0.3, 0.4) is 0 Å². The van der Waals surface area contributed by atoms with Gasteiger partial charge in [0.15, 0.2) is 0 Å². The number of fused-ring (bicyclic) bond motifs is 1. The molecule has 4 nitrogen and oxygen atoms in total. The monoisotopic (exact) mass is 293 g/mol. The fraction of sp³-hybridized carbons (Fsp3) is 0.667. The van der Waals surface area contributed by atoms with Gasteiger partial charge in [0, 0.05) is 37.1 Å². The van der Waals surface area contributed by atoms with Gasteiger partial charge in [-0.3, -0.25) is 9.69 Å². The Morgan fingerprint density at radius 1 is 1.40 bits per heavy atom. The number of nitrogens with two attached hydrogens (primary N) is 1. The van der Waals surface area contributed by atoms with Crippen molar-refractivity contribution >= 4 is 17.2 Å². The van der Waals surface area contributed by atoms with Crippen molar-refractivity contribution in [3.63, 3.8) is 0 Å². The molecular formula is C15H23N3OS. The van der Waals surface area contributed by atoms with E-state index in [4.69, 9.17) is 5.73 Å². The van der Waals surface area contributed by atoms with E-state index in [1.807, 2.05) is 16.2 Å². The number of nitrogens with zero attached hydrogens (tertiary/aromatic N) is 2. The topological polar surface area (TPSA) is 49.6 Å². The van der Waals surface area contributed by atoms with E-state index in [0.29, 0.717) is 13.1 Å². The maximum absolute atomic E-state index is 12.5. The fourth-order valence-corrected chi connectivity index (χ4v) is 4.19. The molecule has 1 atom stereocenters. The number of piperidine rings is 1. The first-order valence-corrected chi connectivity index (χ1v) is 8.43. The minimum atomic E-state index is 0.262. The smallest absolute Gasteiger partial charge is 0.237 e. The molecule has 1 aromatic rings. The summed E-state index contributed by atoms with van der Waals surface area (Å²) in [5.74, 6) is 0.263. The Balaban J connectivity index is 1.59. The van der Waals surface area contributed by atoms with Crippen molar-refractivity contribution in [1.82, 2.24) is 9.80 Å². The van der Waals surface area contributed by atoms with Gasteiger partial charge in [-0.2, -0.15) is 0 Å². The predicted molar refractivity (Wildman–Crippen MR) is 81.7 cm³/mol. The van der Waals surface area contributed by atoms with Gasteiger partial charge in [-0.15, -0.1) is 11.3 Å². The normalized spacial score (nSPS) is 23.6. The molecule has 5 heteroatoms. The highest BCUT2D eigenvalue weighted by atomic mass is 32.1. The number of hydrogen-bond donors (Lipinski definition) is 1. The predicted octanol–water partition coefficient (Wildman–Crippen LogP) is 1.45. The second-order valence-electron chi connectivity index (χ2n) is 5.80. The molecule has 2 aliphatic heterocycles. The van der Waals surface area contributed by atoms with Gasteiger partial charge < -0.3 is 10.6 Å². The summed E-state index contributed by atoms with van der Waals surface area (Å²) in [4.78, 5) is 18.3. The molecule has 1 aromatic heterocycles. The first-order valence-electron chi connectivity index (χ1n) is 7.55. The second kappa shape index (κ2) is 6.24. The molecule has 0 bridgehead atoms. The molecule has 110 valence electrons. The molecule has 0 saturated carbocycles. The Bertz CT molecular complexity index is 473. The van der Waals surface area contributed by atoms with Gasteiger partial charge in [0.25, 0.3) is 0 Å². The highest BCUT2D eigenvalue weighted by Crippen LogP contribution is 2.24. The number of thiophene rings is 1. The van der Waals surface area contributed by atoms with Gasteiger partial charge in [-0.25, -0.2) is 0 Å². The molecule has 0 unspecified atom stereocenters. The SMILES string of the molecule is NC[C@H]1CCCCN1C(=O)CN1CCc2sccc2C1. The van der Waals surface area contributed by atoms with E-state index in [1.54, 1.807) is 0 Å². The van der Waals surface area contributed by atoms with E-state index in [-0.39, 0.29) is 11.9 Å². The molecule has 0 aromatic carbocycles. The standard InChI is InChI=1S/C15H23N3OS/c16-9-13-3-1-2-6-18(13)15(19)11-17-7-4-14-12(10-17)5-8-20-14/h5,8,13H,1-4,6-7,9-11,16H2/t13-/m1/s1. The van der Waals surface area contributed by atoms with E-state index in [2.05, 4.69) is 16.3 Å². The number of rotatable bonds is 3. The molecule has 0 aliphatic carbocycles. The number of carbonyl (C=O) groups is 1. The van der Waals surface area contributed by atoms with Crippen LogP contribution in [0.25, 0.3) is 0 Å². The number of likely N-dealkylation sites (tertiary alicyclic amines) is 1. The summed E-state index contributed by atoms with van der Waals surface area (Å²) in [7, 11) is 0. The third kappa shape index (κ3) is 2.90. The van der Waals surface area contributed by atoms with Crippen LogP contribution >= 0.6 is 11.3 Å². The average molecular weight is 293 g/mol. The van der Waals surface area contributed by atoms with Crippen LogP contribution in [0.1, 0.15) is 29.7 Å². The molecular weight excluding hydrogens is 270 g/mol. The molecule has 0 radical (unpaired) electrons. The lowest BCUT2D eigenvalue weighted by Gasteiger charge is -2.37. The summed E-state index contributed by atoms with van der Waals surface area (Å²) < 4.78 is 0. The van der Waals surface area contributed by atoms with Crippen molar-refractivity contribution in [2.75, 3.05) is 26.2 Å². The van der Waals surface area contributed by atoms with E-state index in [9.17, 15) is 4.79 Å². The molecule has 20 heavy (non-hydrogen) atoms. The lowest BCUT2D eigenvalue weighted by atomic mass is 10.0. The summed E-state index contributed by atoms with van der Waals surface area (Å²) >= 11 is 1.84. The lowest BCUT2D eigenvalue weighted by Crippen LogP contribution is -2.51. The molecule has 2 N–H and O–H groups in total. The van der Waals surface area contributed by atoms with Crippen LogP contribution in [0, 0.1) is 0 Å². The van der Waals surface area contributed by atoms with Gasteiger partial charge in [0.1, 0.15) is 0 Å². The molecule has 3 heterocycles. The van der Waals surface area contributed by atoms with Crippen molar-refractivity contribution in [2.45, 2.75) is 38.3 Å². The van der Waals surface area contributed by atoms with Gasteiger partial charge in [0.05, 0.1) is 6.54 Å². The summed E-state index contributed by atoms with van der Waals surface area (Å²) in [6.45, 7) is 3.95. The van der Waals surface area contributed by atoms with Crippen LogP contribution in [0.4, 0.5) is 0 Å². The number of hydrogen-bond acceptors (Lipinski definition) is 4. The highest BCUT2D eigenvalue weighted by Gasteiger charge is 2.27. The van der Waals surface area contributed by atoms with Crippen molar-refractivity contribution < 1.29 is 4.79 Å². The summed E-state index contributed by atoms with van der Waals surface area (Å²) in [5.41, 5.74) is 7.21. The quantitative estimate of drug-likeness (QED) is 0.917. The first kappa shape index (κ1) is 14.0. The van der Waals surface area contributed by atoms with E-state index in [1.165, 1.54) is 16.9 Å². The minimum absolute atomic E-state index is 0.262. The molecule has 0 spiro atoms. The highest BCUT2D eigenvalue weighted by molar-refractivity contribution is 7.10. The Morgan fingerprint density at radius 3 is 3.15 bits per heavy atom. The van der Waals surface area contributed by atoms with Crippen LogP contribution < -0.4 is 5.73 Å². The second-order valence-corrected chi connectivity index (χ2v) is 6.80. The largest absolute Gasteiger partial charge is 0.337 e. The van der Waals surface area contributed by atoms with Crippen LogP contribution in [0.5, 0.6) is 0 Å². The Labute approximate surface area is 124 Å². The average Bonchev–Trinajstić information content (AvgIpc) is 2.94. The summed E-state index contributed by atoms with van der Waals surface area (Å²) in [6, 6.07) is 2.46. The van der Waals surface area contributed by atoms with E-state index in [0.717, 1.165) is 38.9 Å². The third-order valence-corrected chi connectivity index (χ3v) is 5.49. The molecule has 1 saturated heterocycles. The summed E-state index contributed by atoms with van der Waals surface area (Å²) in [5, 5.41) is 2.16. The maximum Gasteiger partial charge on any atom is 0.237 e. The molecule has 3 rings (SSSR count). The molecule has 2 aliphatic rings. The van der Waals surface area contributed by atoms with Crippen LogP contribution in [0.2, 0.25) is 0 Å². The van der Waals surface area contributed by atoms with Crippen molar-refractivity contribution in [3.8, 4) is 0 Å². The zero-order valence-corrected chi connectivity index (χ0v) is 12.7. The number of carbonyl (C=O) groups excluding carboxylic acids is 1. The summed E-state index contributed by atoms with van der Waals surface area (Å²) in [6.07, 6.45) is 4.47. The third-order valence-electron chi connectivity index (χ3n) is 4.47. The van der Waals surface area contributed by atoms with Gasteiger partial charge in [-0.05, 0) is 42.7 Å². The van der Waals surface area contributed by atoms with Gasteiger partial charge in [0.2, 0.25) is 5.91 Å². The van der Waals surface area contributed by atoms with Crippen LogP contribution in [-0.2, 0) is 17.8 Å². The van der Waals surface area contributed by atoms with Crippen molar-refractivity contribution in [3.05, 3.63) is 21.9 Å². The van der Waals surface area contributed by atoms with Gasteiger partial charge in [-0.1, -0.05) is 0 Å². The fourth-order valence-electron chi connectivity index (χ4n) is 3.30. The maximum atomic E-state index is 12.5. The molecule has 1 amide bonds. The Hall–Kier alpha value is -0.910. The van der Waals surface area contributed by atoms with Gasteiger partial charge >= 0.3 is 0 Å². The first-order chi connectivity index (χ1) is 9.78. The van der Waals surface area contributed by atoms with Crippen LogP contribution in [-0.4, -0.2) is 47.9 Å². The van der Waals surface area contributed by atoms with E-state index >= 15 is 0 Å². The zero-order valence-electron chi connectivity index (χ0n) is 11.9. The van der Waals surface area contributed by atoms with Crippen LogP contribution in [0.15, 0.2) is 11.4 Å². The van der Waals surface area contributed by atoms with Crippen molar-refractivity contribution in [1.29, 1.82) is 0 Å². The minimum Gasteiger partial charge on any atom is -0.337 e.